The highest BCUT2D eigenvalue weighted by molar-refractivity contribution is 5.87. The third-order valence-electron chi connectivity index (χ3n) is 2.21. The van der Waals surface area contributed by atoms with Crippen LogP contribution in [-0.4, -0.2) is 27.4 Å². The minimum atomic E-state index is -2.03. The number of hydrogen-bond donors (Lipinski definition) is 2. The van der Waals surface area contributed by atoms with Gasteiger partial charge in [-0.3, -0.25) is 14.9 Å². The first-order valence-electron chi connectivity index (χ1n) is 4.51. The van der Waals surface area contributed by atoms with Crippen LogP contribution in [0.25, 0.3) is 0 Å². The molecule has 0 aliphatic carbocycles. The number of nitro groups is 1. The zero-order chi connectivity index (χ0) is 13.9. The first-order valence-corrected chi connectivity index (χ1v) is 4.51. The Kier molecular flexibility index (Phi) is 3.71. The highest BCUT2D eigenvalue weighted by atomic mass is 16.6. The molecule has 1 aromatic carbocycles. The molecule has 0 bridgehead atoms. The lowest BCUT2D eigenvalue weighted by atomic mass is 9.97. The van der Waals surface area contributed by atoms with E-state index in [0.717, 1.165) is 12.1 Å². The van der Waals surface area contributed by atoms with E-state index in [0.29, 0.717) is 0 Å². The molecule has 0 amide bonds. The summed E-state index contributed by atoms with van der Waals surface area (Å²) in [5, 5.41) is 37.4. The molecule has 1 aromatic rings. The zero-order valence-electron chi connectivity index (χ0n) is 8.73. The van der Waals surface area contributed by atoms with Crippen molar-refractivity contribution in [1.82, 2.24) is 0 Å². The Morgan fingerprint density at radius 3 is 2.56 bits per heavy atom. The van der Waals surface area contributed by atoms with Crippen molar-refractivity contribution in [1.29, 1.82) is 5.26 Å². The Morgan fingerprint density at radius 2 is 2.17 bits per heavy atom. The molecular weight excluding hydrogens is 244 g/mol. The van der Waals surface area contributed by atoms with Gasteiger partial charge >= 0.3 is 5.97 Å². The summed E-state index contributed by atoms with van der Waals surface area (Å²) < 4.78 is 0. The van der Waals surface area contributed by atoms with Gasteiger partial charge in [-0.05, 0) is 6.07 Å². The van der Waals surface area contributed by atoms with E-state index in [1.165, 1.54) is 6.07 Å². The van der Waals surface area contributed by atoms with E-state index >= 15 is 0 Å². The van der Waals surface area contributed by atoms with Gasteiger partial charge in [-0.15, -0.1) is 0 Å². The number of nitrogens with zero attached hydrogens (tertiary/aromatic N) is 2. The van der Waals surface area contributed by atoms with Crippen molar-refractivity contribution in [2.45, 2.75) is 6.10 Å². The lowest BCUT2D eigenvalue weighted by molar-refractivity contribution is -0.385. The second-order valence-corrected chi connectivity index (χ2v) is 3.19. The van der Waals surface area contributed by atoms with Crippen molar-refractivity contribution in [2.24, 2.45) is 0 Å². The van der Waals surface area contributed by atoms with Crippen LogP contribution in [0, 0.1) is 21.4 Å². The van der Waals surface area contributed by atoms with Crippen LogP contribution in [0.1, 0.15) is 27.6 Å². The molecule has 0 fully saturated rings. The van der Waals surface area contributed by atoms with Crippen molar-refractivity contribution in [3.05, 3.63) is 38.9 Å². The number of rotatable bonds is 4. The standard InChI is InChI=1S/C10H6N2O6/c11-3-6-5(9(14)10(15)16)1-2-8(12(17)18)7(6)4-13/h1-2,4,9,14H,(H,15,16). The fourth-order valence-corrected chi connectivity index (χ4v) is 1.39. The number of nitriles is 1. The number of benzene rings is 1. The molecule has 92 valence electrons. The number of hydrogen-bond acceptors (Lipinski definition) is 6. The molecule has 0 aromatic heterocycles. The average Bonchev–Trinajstić information content (AvgIpc) is 2.35. The third-order valence-corrected chi connectivity index (χ3v) is 2.21. The monoisotopic (exact) mass is 250 g/mol. The molecule has 0 spiro atoms. The number of aliphatic hydroxyl groups excluding tert-OH is 1. The lowest BCUT2D eigenvalue weighted by Gasteiger charge is -2.09. The Balaban J connectivity index is 3.60. The number of nitro benzene ring substituents is 1. The Morgan fingerprint density at radius 1 is 1.56 bits per heavy atom. The Bertz CT molecular complexity index is 574. The predicted molar refractivity (Wildman–Crippen MR) is 55.8 cm³/mol. The van der Waals surface area contributed by atoms with E-state index in [4.69, 9.17) is 10.4 Å². The van der Waals surface area contributed by atoms with Gasteiger partial charge in [-0.1, -0.05) is 0 Å². The molecule has 0 aliphatic heterocycles. The molecule has 1 rings (SSSR count). The third kappa shape index (κ3) is 2.16. The van der Waals surface area contributed by atoms with E-state index in [-0.39, 0.29) is 11.8 Å². The summed E-state index contributed by atoms with van der Waals surface area (Å²) in [7, 11) is 0. The van der Waals surface area contributed by atoms with Crippen molar-refractivity contribution < 1.29 is 24.7 Å². The van der Waals surface area contributed by atoms with Crippen molar-refractivity contribution in [2.75, 3.05) is 0 Å². The van der Waals surface area contributed by atoms with Gasteiger partial charge in [0, 0.05) is 11.6 Å². The molecule has 0 aliphatic rings. The first-order chi connectivity index (χ1) is 8.43. The van der Waals surface area contributed by atoms with Crippen molar-refractivity contribution in [3.63, 3.8) is 0 Å². The van der Waals surface area contributed by atoms with E-state index < -0.39 is 33.8 Å². The minimum Gasteiger partial charge on any atom is -0.479 e. The van der Waals surface area contributed by atoms with Gasteiger partial charge in [-0.25, -0.2) is 4.79 Å². The summed E-state index contributed by atoms with van der Waals surface area (Å²) >= 11 is 0. The average molecular weight is 250 g/mol. The van der Waals surface area contributed by atoms with Crippen LogP contribution >= 0.6 is 0 Å². The summed E-state index contributed by atoms with van der Waals surface area (Å²) in [6.45, 7) is 0. The van der Waals surface area contributed by atoms with Crippen molar-refractivity contribution in [3.8, 4) is 6.07 Å². The number of carboxylic acid groups (broad SMARTS) is 1. The van der Waals surface area contributed by atoms with Crippen LogP contribution in [0.3, 0.4) is 0 Å². The maximum atomic E-state index is 10.8. The number of carboxylic acids is 1. The van der Waals surface area contributed by atoms with Crippen LogP contribution in [0.2, 0.25) is 0 Å². The van der Waals surface area contributed by atoms with Crippen LogP contribution in [0.5, 0.6) is 0 Å². The van der Waals surface area contributed by atoms with E-state index in [2.05, 4.69) is 0 Å². The normalized spacial score (nSPS) is 11.3. The highest BCUT2D eigenvalue weighted by Gasteiger charge is 2.26. The minimum absolute atomic E-state index is 0.0781. The molecule has 8 nitrogen and oxygen atoms in total. The number of aliphatic hydroxyl groups is 1. The fraction of sp³-hybridized carbons (Fsp3) is 0.100. The summed E-state index contributed by atoms with van der Waals surface area (Å²) in [6, 6.07) is 3.29. The fourth-order valence-electron chi connectivity index (χ4n) is 1.39. The summed E-state index contributed by atoms with van der Waals surface area (Å²) in [5.41, 5.74) is -2.06. The van der Waals surface area contributed by atoms with E-state index in [9.17, 15) is 24.8 Å². The van der Waals surface area contributed by atoms with Gasteiger partial charge in [-0.2, -0.15) is 5.26 Å². The maximum absolute atomic E-state index is 10.8. The largest absolute Gasteiger partial charge is 0.479 e. The van der Waals surface area contributed by atoms with Gasteiger partial charge in [0.15, 0.2) is 12.4 Å². The second-order valence-electron chi connectivity index (χ2n) is 3.19. The SMILES string of the molecule is N#Cc1c(C(O)C(=O)O)ccc([N+](=O)[O-])c1C=O. The van der Waals surface area contributed by atoms with Crippen LogP contribution in [-0.2, 0) is 4.79 Å². The second kappa shape index (κ2) is 5.03. The van der Waals surface area contributed by atoms with Gasteiger partial charge < -0.3 is 10.2 Å². The maximum Gasteiger partial charge on any atom is 0.337 e. The topological polar surface area (TPSA) is 142 Å². The van der Waals surface area contributed by atoms with Gasteiger partial charge in [0.05, 0.1) is 10.5 Å². The molecule has 0 heterocycles. The summed E-state index contributed by atoms with van der Waals surface area (Å²) in [4.78, 5) is 31.1. The Hall–Kier alpha value is -2.79. The smallest absolute Gasteiger partial charge is 0.337 e. The Labute approximate surface area is 99.8 Å². The number of aldehydes is 1. The molecule has 0 radical (unpaired) electrons. The van der Waals surface area contributed by atoms with Gasteiger partial charge in [0.25, 0.3) is 5.69 Å². The van der Waals surface area contributed by atoms with Crippen LogP contribution < -0.4 is 0 Å². The van der Waals surface area contributed by atoms with Gasteiger partial charge in [0.2, 0.25) is 0 Å². The first kappa shape index (κ1) is 13.3. The lowest BCUT2D eigenvalue weighted by Crippen LogP contribution is -2.13. The van der Waals surface area contributed by atoms with Crippen molar-refractivity contribution >= 4 is 17.9 Å². The van der Waals surface area contributed by atoms with E-state index in [1.54, 1.807) is 0 Å². The molecule has 1 unspecified atom stereocenters. The van der Waals surface area contributed by atoms with Crippen LogP contribution in [0.4, 0.5) is 5.69 Å². The molecular formula is C10H6N2O6. The zero-order valence-corrected chi connectivity index (χ0v) is 8.73. The molecule has 0 saturated carbocycles. The number of carbonyl (C=O) groups excluding carboxylic acids is 1. The summed E-state index contributed by atoms with van der Waals surface area (Å²) in [6.07, 6.45) is -1.95. The quantitative estimate of drug-likeness (QED) is 0.447. The predicted octanol–water partition coefficient (Wildman–Crippen LogP) is 0.397. The van der Waals surface area contributed by atoms with E-state index in [1.807, 2.05) is 0 Å². The summed E-state index contributed by atoms with van der Waals surface area (Å²) in [5.74, 6) is -1.63. The van der Waals surface area contributed by atoms with Gasteiger partial charge in [0.1, 0.15) is 11.6 Å². The molecule has 18 heavy (non-hydrogen) atoms. The molecule has 1 atom stereocenters. The van der Waals surface area contributed by atoms with Crippen LogP contribution in [0.15, 0.2) is 12.1 Å². The number of carbonyl (C=O) groups is 2. The highest BCUT2D eigenvalue weighted by Crippen LogP contribution is 2.27. The molecule has 8 heteroatoms. The number of aliphatic carboxylic acids is 1. The molecule has 0 saturated heterocycles. The molecule has 2 N–H and O–H groups in total.